The number of amides is 1. The average molecular weight is 312 g/mol. The van der Waals surface area contributed by atoms with Gasteiger partial charge in [0, 0.05) is 38.6 Å². The van der Waals surface area contributed by atoms with Crippen molar-refractivity contribution in [3.05, 3.63) is 48.4 Å². The number of ether oxygens (including phenoxy) is 1. The fourth-order valence-electron chi connectivity index (χ4n) is 2.71. The first-order chi connectivity index (χ1) is 11.3. The van der Waals surface area contributed by atoms with Crippen molar-refractivity contribution >= 4 is 11.7 Å². The summed E-state index contributed by atoms with van der Waals surface area (Å²) in [6.07, 6.45) is 5.52. The summed E-state index contributed by atoms with van der Waals surface area (Å²) in [5.41, 5.74) is 0.978. The van der Waals surface area contributed by atoms with E-state index in [1.54, 1.807) is 25.7 Å². The Morgan fingerprint density at radius 1 is 1.22 bits per heavy atom. The summed E-state index contributed by atoms with van der Waals surface area (Å²) in [5, 5.41) is 0. The van der Waals surface area contributed by atoms with E-state index < -0.39 is 0 Å². The smallest absolute Gasteiger partial charge is 0.227 e. The van der Waals surface area contributed by atoms with Crippen LogP contribution in [0.15, 0.2) is 42.9 Å². The van der Waals surface area contributed by atoms with Crippen LogP contribution in [0.5, 0.6) is 5.75 Å². The van der Waals surface area contributed by atoms with E-state index in [4.69, 9.17) is 4.74 Å². The number of aromatic nitrogens is 2. The summed E-state index contributed by atoms with van der Waals surface area (Å²) in [5.74, 6) is 1.80. The van der Waals surface area contributed by atoms with Crippen LogP contribution in [0.3, 0.4) is 0 Å². The number of anilines is 1. The maximum Gasteiger partial charge on any atom is 0.227 e. The Bertz CT molecular complexity index is 655. The van der Waals surface area contributed by atoms with Gasteiger partial charge in [-0.2, -0.15) is 0 Å². The molecule has 1 amide bonds. The molecule has 0 radical (unpaired) electrons. The molecule has 1 fully saturated rings. The summed E-state index contributed by atoms with van der Waals surface area (Å²) in [4.78, 5) is 24.9. The molecule has 1 aromatic carbocycles. The third kappa shape index (κ3) is 3.77. The van der Waals surface area contributed by atoms with E-state index >= 15 is 0 Å². The number of carbonyl (C=O) groups is 1. The molecule has 120 valence electrons. The first kappa shape index (κ1) is 15.3. The molecular formula is C17H20N4O2. The topological polar surface area (TPSA) is 58.6 Å². The molecule has 23 heavy (non-hydrogen) atoms. The van der Waals surface area contributed by atoms with Crippen molar-refractivity contribution in [1.82, 2.24) is 14.9 Å². The molecule has 0 unspecified atom stereocenters. The van der Waals surface area contributed by atoms with E-state index in [9.17, 15) is 4.79 Å². The summed E-state index contributed by atoms with van der Waals surface area (Å²) in [6, 6.07) is 7.66. The fraction of sp³-hybridized carbons (Fsp3) is 0.353. The number of hydrogen-bond donors (Lipinski definition) is 0. The fourth-order valence-corrected chi connectivity index (χ4v) is 2.71. The van der Waals surface area contributed by atoms with E-state index in [-0.39, 0.29) is 5.91 Å². The second-order valence-corrected chi connectivity index (χ2v) is 5.46. The van der Waals surface area contributed by atoms with Gasteiger partial charge in [0.15, 0.2) is 0 Å². The molecule has 6 nitrogen and oxygen atoms in total. The highest BCUT2D eigenvalue weighted by atomic mass is 16.5. The number of nitrogens with zero attached hydrogens (tertiary/aromatic N) is 4. The molecule has 0 atom stereocenters. The van der Waals surface area contributed by atoms with Gasteiger partial charge in [-0.25, -0.2) is 4.98 Å². The standard InChI is InChI=1S/C17H20N4O2/c1-23-15-4-2-3-14(11-15)12-17(22)21-9-7-20(8-10-21)16-13-18-5-6-19-16/h2-6,11,13H,7-10,12H2,1H3. The quantitative estimate of drug-likeness (QED) is 0.853. The molecule has 0 N–H and O–H groups in total. The number of rotatable bonds is 4. The van der Waals surface area contributed by atoms with Crippen molar-refractivity contribution in [1.29, 1.82) is 0 Å². The Morgan fingerprint density at radius 2 is 2.04 bits per heavy atom. The van der Waals surface area contributed by atoms with Gasteiger partial charge in [-0.15, -0.1) is 0 Å². The van der Waals surface area contributed by atoms with Gasteiger partial charge in [-0.3, -0.25) is 9.78 Å². The maximum absolute atomic E-state index is 12.4. The third-order valence-electron chi connectivity index (χ3n) is 4.00. The second kappa shape index (κ2) is 7.09. The number of hydrogen-bond acceptors (Lipinski definition) is 5. The summed E-state index contributed by atoms with van der Waals surface area (Å²) in [6.45, 7) is 2.98. The highest BCUT2D eigenvalue weighted by Gasteiger charge is 2.22. The minimum Gasteiger partial charge on any atom is -0.497 e. The Labute approximate surface area is 135 Å². The molecule has 1 aromatic heterocycles. The molecule has 2 aromatic rings. The third-order valence-corrected chi connectivity index (χ3v) is 4.00. The molecular weight excluding hydrogens is 292 g/mol. The summed E-state index contributed by atoms with van der Waals surface area (Å²) >= 11 is 0. The minimum absolute atomic E-state index is 0.150. The van der Waals surface area contributed by atoms with Gasteiger partial charge in [0.1, 0.15) is 11.6 Å². The Hall–Kier alpha value is -2.63. The van der Waals surface area contributed by atoms with E-state index in [0.717, 1.165) is 30.2 Å². The van der Waals surface area contributed by atoms with E-state index in [2.05, 4.69) is 14.9 Å². The molecule has 2 heterocycles. The lowest BCUT2D eigenvalue weighted by atomic mass is 10.1. The van der Waals surface area contributed by atoms with Crippen molar-refractivity contribution in [2.75, 3.05) is 38.2 Å². The zero-order chi connectivity index (χ0) is 16.1. The van der Waals surface area contributed by atoms with Crippen LogP contribution in [-0.4, -0.2) is 54.1 Å². The van der Waals surface area contributed by atoms with E-state index in [1.165, 1.54) is 0 Å². The highest BCUT2D eigenvalue weighted by molar-refractivity contribution is 5.79. The van der Waals surface area contributed by atoms with E-state index in [0.29, 0.717) is 19.5 Å². The zero-order valence-corrected chi connectivity index (χ0v) is 13.2. The molecule has 0 aliphatic carbocycles. The van der Waals surface area contributed by atoms with Gasteiger partial charge in [-0.1, -0.05) is 12.1 Å². The van der Waals surface area contributed by atoms with Crippen molar-refractivity contribution in [2.24, 2.45) is 0 Å². The summed E-state index contributed by atoms with van der Waals surface area (Å²) in [7, 11) is 1.63. The van der Waals surface area contributed by atoms with Crippen LogP contribution in [-0.2, 0) is 11.2 Å². The van der Waals surface area contributed by atoms with Gasteiger partial charge in [0.2, 0.25) is 5.91 Å². The van der Waals surface area contributed by atoms with Crippen molar-refractivity contribution < 1.29 is 9.53 Å². The Morgan fingerprint density at radius 3 is 2.74 bits per heavy atom. The van der Waals surface area contributed by atoms with Crippen LogP contribution >= 0.6 is 0 Å². The first-order valence-electron chi connectivity index (χ1n) is 7.68. The number of benzene rings is 1. The van der Waals surface area contributed by atoms with Crippen LogP contribution in [0.4, 0.5) is 5.82 Å². The SMILES string of the molecule is COc1cccc(CC(=O)N2CCN(c3cnccn3)CC2)c1. The van der Waals surface area contributed by atoms with E-state index in [1.807, 2.05) is 29.2 Å². The lowest BCUT2D eigenvalue weighted by Gasteiger charge is -2.35. The number of methoxy groups -OCH3 is 1. The second-order valence-electron chi connectivity index (χ2n) is 5.46. The predicted molar refractivity (Wildman–Crippen MR) is 87.5 cm³/mol. The van der Waals surface area contributed by atoms with Crippen molar-refractivity contribution in [2.45, 2.75) is 6.42 Å². The predicted octanol–water partition coefficient (Wildman–Crippen LogP) is 1.38. The molecule has 6 heteroatoms. The van der Waals surface area contributed by atoms with Crippen LogP contribution in [0.25, 0.3) is 0 Å². The molecule has 0 bridgehead atoms. The van der Waals surface area contributed by atoms with Crippen molar-refractivity contribution in [3.8, 4) is 5.75 Å². The molecule has 1 saturated heterocycles. The van der Waals surface area contributed by atoms with Gasteiger partial charge < -0.3 is 14.5 Å². The molecule has 1 aliphatic rings. The maximum atomic E-state index is 12.4. The highest BCUT2D eigenvalue weighted by Crippen LogP contribution is 2.15. The number of piperazine rings is 1. The lowest BCUT2D eigenvalue weighted by Crippen LogP contribution is -2.49. The average Bonchev–Trinajstić information content (AvgIpc) is 2.63. The summed E-state index contributed by atoms with van der Waals surface area (Å²) < 4.78 is 5.20. The lowest BCUT2D eigenvalue weighted by molar-refractivity contribution is -0.130. The van der Waals surface area contributed by atoms with Gasteiger partial charge in [-0.05, 0) is 17.7 Å². The normalized spacial score (nSPS) is 14.7. The number of carbonyl (C=O) groups excluding carboxylic acids is 1. The Kier molecular flexibility index (Phi) is 4.71. The van der Waals surface area contributed by atoms with Gasteiger partial charge >= 0.3 is 0 Å². The minimum atomic E-state index is 0.150. The molecule has 3 rings (SSSR count). The molecule has 0 saturated carbocycles. The van der Waals surface area contributed by atoms with Crippen LogP contribution in [0.2, 0.25) is 0 Å². The van der Waals surface area contributed by atoms with Gasteiger partial charge in [0.25, 0.3) is 0 Å². The molecule has 1 aliphatic heterocycles. The zero-order valence-electron chi connectivity index (χ0n) is 13.2. The van der Waals surface area contributed by atoms with Crippen LogP contribution in [0, 0.1) is 0 Å². The first-order valence-corrected chi connectivity index (χ1v) is 7.68. The largest absolute Gasteiger partial charge is 0.497 e. The molecule has 0 spiro atoms. The van der Waals surface area contributed by atoms with Crippen LogP contribution < -0.4 is 9.64 Å². The van der Waals surface area contributed by atoms with Gasteiger partial charge in [0.05, 0.1) is 19.7 Å². The monoisotopic (exact) mass is 312 g/mol. The van der Waals surface area contributed by atoms with Crippen molar-refractivity contribution in [3.63, 3.8) is 0 Å². The van der Waals surface area contributed by atoms with Crippen LogP contribution in [0.1, 0.15) is 5.56 Å². The Balaban J connectivity index is 1.56.